The predicted molar refractivity (Wildman–Crippen MR) is 93.6 cm³/mol. The van der Waals surface area contributed by atoms with Gasteiger partial charge in [0.2, 0.25) is 5.83 Å². The lowest BCUT2D eigenvalue weighted by molar-refractivity contribution is -0.150. The van der Waals surface area contributed by atoms with Gasteiger partial charge < -0.3 is 9.47 Å². The third-order valence-electron chi connectivity index (χ3n) is 5.23. The first-order valence-corrected chi connectivity index (χ1v) is 8.73. The highest BCUT2D eigenvalue weighted by Crippen LogP contribution is 2.60. The summed E-state index contributed by atoms with van der Waals surface area (Å²) in [7, 11) is 0. The number of carbonyl (C=O) groups excluding carboxylic acids is 3. The zero-order valence-electron chi connectivity index (χ0n) is 15.6. The third kappa shape index (κ3) is 3.79. The normalized spacial score (nSPS) is 27.3. The number of hydrogen-bond acceptors (Lipinski definition) is 5. The van der Waals surface area contributed by atoms with E-state index in [1.54, 1.807) is 19.9 Å². The van der Waals surface area contributed by atoms with Crippen molar-refractivity contribution in [3.8, 4) is 0 Å². The molecule has 0 aliphatic heterocycles. The van der Waals surface area contributed by atoms with Crippen molar-refractivity contribution in [2.45, 2.75) is 46.6 Å². The second-order valence-electron chi connectivity index (χ2n) is 7.27. The van der Waals surface area contributed by atoms with E-state index in [0.29, 0.717) is 12.0 Å². The number of carbonyl (C=O) groups is 3. The van der Waals surface area contributed by atoms with Crippen LogP contribution in [0.4, 0.5) is 4.39 Å². The van der Waals surface area contributed by atoms with E-state index in [1.165, 1.54) is 0 Å². The van der Waals surface area contributed by atoms with Crippen LogP contribution in [0.15, 0.2) is 35.7 Å². The molecule has 1 saturated carbocycles. The Labute approximate surface area is 152 Å². The molecule has 3 atom stereocenters. The van der Waals surface area contributed by atoms with Crippen molar-refractivity contribution in [2.75, 3.05) is 6.61 Å². The van der Waals surface area contributed by atoms with Crippen molar-refractivity contribution in [1.29, 1.82) is 0 Å². The number of allylic oxidation sites excluding steroid dienone is 3. The largest absolute Gasteiger partial charge is 0.461 e. The minimum atomic E-state index is -1.03. The highest BCUT2D eigenvalue weighted by atomic mass is 19.1. The van der Waals surface area contributed by atoms with Gasteiger partial charge in [0.05, 0.1) is 18.9 Å². The van der Waals surface area contributed by atoms with Crippen LogP contribution in [0.25, 0.3) is 0 Å². The summed E-state index contributed by atoms with van der Waals surface area (Å²) in [5.41, 5.74) is 0.856. The molecule has 0 radical (unpaired) electrons. The van der Waals surface area contributed by atoms with Crippen molar-refractivity contribution in [1.82, 2.24) is 0 Å². The van der Waals surface area contributed by atoms with Crippen LogP contribution in [0.5, 0.6) is 0 Å². The number of halogens is 1. The van der Waals surface area contributed by atoms with E-state index in [-0.39, 0.29) is 18.8 Å². The molecule has 1 fully saturated rings. The average Bonchev–Trinajstić information content (AvgIpc) is 3.00. The molecule has 0 aromatic heterocycles. The molecule has 0 amide bonds. The minimum absolute atomic E-state index is 0.0416. The summed E-state index contributed by atoms with van der Waals surface area (Å²) in [5.74, 6) is -3.57. The molecule has 0 aromatic carbocycles. The molecular formula is C20H25FO5. The lowest BCUT2D eigenvalue weighted by Crippen LogP contribution is -2.20. The van der Waals surface area contributed by atoms with E-state index < -0.39 is 41.1 Å². The zero-order valence-corrected chi connectivity index (χ0v) is 15.6. The van der Waals surface area contributed by atoms with Crippen molar-refractivity contribution >= 4 is 17.7 Å². The molecule has 0 N–H and O–H groups in total. The smallest absolute Gasteiger partial charge is 0.366 e. The van der Waals surface area contributed by atoms with Crippen molar-refractivity contribution in [3.05, 3.63) is 35.7 Å². The number of ether oxygens (including phenoxy) is 2. The maximum atomic E-state index is 13.9. The Bertz CT molecular complexity index is 701. The Morgan fingerprint density at radius 2 is 2.04 bits per heavy atom. The summed E-state index contributed by atoms with van der Waals surface area (Å²) in [5, 5.41) is 0. The SMILES string of the molecule is C=CCC1=C(C)[C@@H](OC(=O)[C@@H]2[C@H](C=C(F)C(=O)OCC)C2(C)C)CC1=O. The van der Waals surface area contributed by atoms with E-state index in [4.69, 9.17) is 4.74 Å². The monoisotopic (exact) mass is 364 g/mol. The minimum Gasteiger partial charge on any atom is -0.461 e. The van der Waals surface area contributed by atoms with Crippen molar-refractivity contribution < 1.29 is 28.2 Å². The van der Waals surface area contributed by atoms with Gasteiger partial charge in [0.1, 0.15) is 6.10 Å². The van der Waals surface area contributed by atoms with Gasteiger partial charge in [-0.3, -0.25) is 9.59 Å². The molecule has 0 aromatic rings. The second kappa shape index (κ2) is 7.56. The number of rotatable bonds is 7. The summed E-state index contributed by atoms with van der Waals surface area (Å²) in [6.07, 6.45) is 2.77. The van der Waals surface area contributed by atoms with Crippen LogP contribution in [-0.2, 0) is 23.9 Å². The molecule has 26 heavy (non-hydrogen) atoms. The standard InChI is InChI=1S/C20H25FO5/c1-6-8-12-11(3)16(10-15(12)22)26-19(24)17-13(20(17,4)5)9-14(21)18(23)25-7-2/h6,9,13,16-17H,1,7-8,10H2,2-5H3/t13-,16-,17-/m0/s1. The summed E-state index contributed by atoms with van der Waals surface area (Å²) < 4.78 is 24.0. The third-order valence-corrected chi connectivity index (χ3v) is 5.23. The molecular weight excluding hydrogens is 339 g/mol. The maximum absolute atomic E-state index is 13.9. The van der Waals surface area contributed by atoms with Crippen LogP contribution in [0.1, 0.15) is 40.5 Å². The van der Waals surface area contributed by atoms with Gasteiger partial charge in [0.25, 0.3) is 0 Å². The first kappa shape index (κ1) is 20.1. The number of hydrogen-bond donors (Lipinski definition) is 0. The summed E-state index contributed by atoms with van der Waals surface area (Å²) in [6, 6.07) is 0. The average molecular weight is 364 g/mol. The quantitative estimate of drug-likeness (QED) is 0.393. The molecule has 0 spiro atoms. The van der Waals surface area contributed by atoms with Gasteiger partial charge in [-0.15, -0.1) is 6.58 Å². The number of esters is 2. The summed E-state index contributed by atoms with van der Waals surface area (Å²) >= 11 is 0. The fraction of sp³-hybridized carbons (Fsp3) is 0.550. The van der Waals surface area contributed by atoms with E-state index in [2.05, 4.69) is 11.3 Å². The fourth-order valence-electron chi connectivity index (χ4n) is 3.49. The zero-order chi connectivity index (χ0) is 19.6. The van der Waals surface area contributed by atoms with Crippen LogP contribution in [0.3, 0.4) is 0 Å². The summed E-state index contributed by atoms with van der Waals surface area (Å²) in [6.45, 7) is 10.7. The Morgan fingerprint density at radius 1 is 1.38 bits per heavy atom. The second-order valence-corrected chi connectivity index (χ2v) is 7.27. The molecule has 0 unspecified atom stereocenters. The topological polar surface area (TPSA) is 69.7 Å². The van der Waals surface area contributed by atoms with Crippen LogP contribution in [0, 0.1) is 17.3 Å². The van der Waals surface area contributed by atoms with E-state index in [0.717, 1.165) is 11.6 Å². The van der Waals surface area contributed by atoms with Crippen LogP contribution in [-0.4, -0.2) is 30.4 Å². The van der Waals surface area contributed by atoms with Gasteiger partial charge in [0, 0.05) is 5.57 Å². The molecule has 0 heterocycles. The van der Waals surface area contributed by atoms with Gasteiger partial charge in [-0.05, 0) is 43.3 Å². The van der Waals surface area contributed by atoms with Crippen LogP contribution < -0.4 is 0 Å². The van der Waals surface area contributed by atoms with E-state index >= 15 is 0 Å². The fourth-order valence-corrected chi connectivity index (χ4v) is 3.49. The molecule has 2 rings (SSSR count). The van der Waals surface area contributed by atoms with Crippen molar-refractivity contribution in [2.24, 2.45) is 17.3 Å². The highest BCUT2D eigenvalue weighted by Gasteiger charge is 2.62. The molecule has 2 aliphatic carbocycles. The summed E-state index contributed by atoms with van der Waals surface area (Å²) in [4.78, 5) is 36.0. The Morgan fingerprint density at radius 3 is 2.62 bits per heavy atom. The number of Topliss-reactive ketones (excluding diaryl/α,β-unsaturated/α-hetero) is 1. The Balaban J connectivity index is 2.06. The maximum Gasteiger partial charge on any atom is 0.366 e. The van der Waals surface area contributed by atoms with Gasteiger partial charge in [-0.1, -0.05) is 19.9 Å². The Kier molecular flexibility index (Phi) is 5.84. The molecule has 6 heteroatoms. The molecule has 0 bridgehead atoms. The Hall–Kier alpha value is -2.24. The van der Waals surface area contributed by atoms with Gasteiger partial charge >= 0.3 is 11.9 Å². The first-order valence-electron chi connectivity index (χ1n) is 8.73. The highest BCUT2D eigenvalue weighted by molar-refractivity contribution is 6.00. The molecule has 2 aliphatic rings. The molecule has 5 nitrogen and oxygen atoms in total. The van der Waals surface area contributed by atoms with Crippen LogP contribution >= 0.6 is 0 Å². The first-order chi connectivity index (χ1) is 12.1. The number of ketones is 1. The molecule has 0 saturated heterocycles. The van der Waals surface area contributed by atoms with Crippen molar-refractivity contribution in [3.63, 3.8) is 0 Å². The van der Waals surface area contributed by atoms with E-state index in [1.807, 2.05) is 13.8 Å². The predicted octanol–water partition coefficient (Wildman–Crippen LogP) is 3.45. The van der Waals surface area contributed by atoms with Gasteiger partial charge in [-0.25, -0.2) is 4.79 Å². The lowest BCUT2D eigenvalue weighted by Gasteiger charge is -2.13. The molecule has 142 valence electrons. The van der Waals surface area contributed by atoms with Crippen LogP contribution in [0.2, 0.25) is 0 Å². The van der Waals surface area contributed by atoms with Gasteiger partial charge in [0.15, 0.2) is 5.78 Å². The van der Waals surface area contributed by atoms with Gasteiger partial charge in [-0.2, -0.15) is 4.39 Å². The van der Waals surface area contributed by atoms with E-state index in [9.17, 15) is 18.8 Å². The lowest BCUT2D eigenvalue weighted by atomic mass is 10.1.